The number of carbonyl (C=O) groups excluding carboxylic acids is 3. The monoisotopic (exact) mass is 479 g/mol. The predicted octanol–water partition coefficient (Wildman–Crippen LogP) is 3.85. The molecule has 7 heteroatoms. The number of piperidine rings is 1. The number of hydrogen-bond acceptors (Lipinski definition) is 3. The van der Waals surface area contributed by atoms with Gasteiger partial charge in [0, 0.05) is 37.2 Å². The van der Waals surface area contributed by atoms with Crippen LogP contribution in [0, 0.1) is 11.7 Å². The van der Waals surface area contributed by atoms with E-state index in [0.717, 1.165) is 44.1 Å². The molecule has 0 radical (unpaired) electrons. The van der Waals surface area contributed by atoms with Gasteiger partial charge in [-0.05, 0) is 61.9 Å². The molecule has 1 saturated carbocycles. The minimum absolute atomic E-state index is 0.0431. The van der Waals surface area contributed by atoms with E-state index in [9.17, 15) is 18.8 Å². The zero-order valence-corrected chi connectivity index (χ0v) is 20.0. The number of aryl methyl sites for hydroxylation is 1. The maximum Gasteiger partial charge on any atom is 0.251 e. The van der Waals surface area contributed by atoms with Crippen LogP contribution in [0.3, 0.4) is 0 Å². The van der Waals surface area contributed by atoms with Crippen LogP contribution >= 0.6 is 0 Å². The van der Waals surface area contributed by atoms with Crippen LogP contribution in [0.4, 0.5) is 4.39 Å². The first-order chi connectivity index (χ1) is 17.0. The Balaban J connectivity index is 1.30. The normalized spacial score (nSPS) is 22.3. The van der Waals surface area contributed by atoms with E-state index in [-0.39, 0.29) is 41.5 Å². The fourth-order valence-corrected chi connectivity index (χ4v) is 5.10. The first-order valence-electron chi connectivity index (χ1n) is 12.7. The highest BCUT2D eigenvalue weighted by atomic mass is 19.1. The molecular formula is C28H34FN3O3. The number of rotatable bonds is 7. The molecule has 4 rings (SSSR count). The maximum atomic E-state index is 13.2. The summed E-state index contributed by atoms with van der Waals surface area (Å²) >= 11 is 0. The zero-order chi connectivity index (χ0) is 24.6. The summed E-state index contributed by atoms with van der Waals surface area (Å²) in [7, 11) is 0. The van der Waals surface area contributed by atoms with Gasteiger partial charge in [-0.25, -0.2) is 4.39 Å². The Kier molecular flexibility index (Phi) is 8.50. The molecule has 2 unspecified atom stereocenters. The molecule has 3 amide bonds. The molecule has 1 saturated heterocycles. The number of nitrogens with zero attached hydrogens (tertiary/aromatic N) is 1. The molecule has 2 fully saturated rings. The second-order valence-corrected chi connectivity index (χ2v) is 9.65. The lowest BCUT2D eigenvalue weighted by atomic mass is 9.88. The van der Waals surface area contributed by atoms with E-state index in [1.165, 1.54) is 24.3 Å². The molecule has 186 valence electrons. The Morgan fingerprint density at radius 1 is 0.857 bits per heavy atom. The first kappa shape index (κ1) is 24.9. The molecule has 1 aliphatic heterocycles. The van der Waals surface area contributed by atoms with E-state index in [1.54, 1.807) is 0 Å². The highest BCUT2D eigenvalue weighted by molar-refractivity contribution is 5.94. The van der Waals surface area contributed by atoms with Gasteiger partial charge >= 0.3 is 0 Å². The molecule has 6 nitrogen and oxygen atoms in total. The topological polar surface area (TPSA) is 78.5 Å². The van der Waals surface area contributed by atoms with Crippen LogP contribution in [0.25, 0.3) is 0 Å². The number of halogens is 1. The number of hydrogen-bond donors (Lipinski definition) is 2. The fourth-order valence-electron chi connectivity index (χ4n) is 5.10. The number of nitrogens with one attached hydrogen (secondary N) is 2. The summed E-state index contributed by atoms with van der Waals surface area (Å²) < 4.78 is 13.2. The van der Waals surface area contributed by atoms with Crippen molar-refractivity contribution >= 4 is 17.7 Å². The van der Waals surface area contributed by atoms with Gasteiger partial charge in [0.05, 0.1) is 5.92 Å². The van der Waals surface area contributed by atoms with Gasteiger partial charge in [-0.1, -0.05) is 43.2 Å². The van der Waals surface area contributed by atoms with Crippen LogP contribution in [0.15, 0.2) is 54.6 Å². The van der Waals surface area contributed by atoms with Crippen LogP contribution in [-0.2, 0) is 16.0 Å². The van der Waals surface area contributed by atoms with E-state index in [2.05, 4.69) is 10.6 Å². The van der Waals surface area contributed by atoms with Gasteiger partial charge in [0.15, 0.2) is 0 Å². The summed E-state index contributed by atoms with van der Waals surface area (Å²) in [6.45, 7) is 1.13. The standard InChI is InChI=1S/C28H34FN3O3/c29-23-15-13-21(14-16-23)27(34)30-24-10-4-5-11-25(24)31-28(35)22-9-6-18-32(19-22)26(33)17-12-20-7-2-1-3-8-20/h1-3,7-8,13-16,22,24-25H,4-6,9-12,17-19H2,(H,30,34)(H,31,35)/t22?,24-,25?/m1/s1. The molecule has 0 spiro atoms. The Bertz CT molecular complexity index is 1010. The number of carbonyl (C=O) groups is 3. The second kappa shape index (κ2) is 12.0. The first-order valence-corrected chi connectivity index (χ1v) is 12.7. The van der Waals surface area contributed by atoms with E-state index in [4.69, 9.17) is 0 Å². The lowest BCUT2D eigenvalue weighted by molar-refractivity contribution is -0.136. The average molecular weight is 480 g/mol. The number of benzene rings is 2. The average Bonchev–Trinajstić information content (AvgIpc) is 2.89. The van der Waals surface area contributed by atoms with Gasteiger partial charge in [-0.15, -0.1) is 0 Å². The quantitative estimate of drug-likeness (QED) is 0.633. The molecule has 35 heavy (non-hydrogen) atoms. The van der Waals surface area contributed by atoms with Crippen LogP contribution in [0.5, 0.6) is 0 Å². The largest absolute Gasteiger partial charge is 0.351 e. The maximum absolute atomic E-state index is 13.2. The third kappa shape index (κ3) is 6.90. The van der Waals surface area contributed by atoms with Crippen molar-refractivity contribution in [1.82, 2.24) is 15.5 Å². The van der Waals surface area contributed by atoms with Gasteiger partial charge < -0.3 is 15.5 Å². The summed E-state index contributed by atoms with van der Waals surface area (Å²) in [6.07, 6.45) is 6.26. The molecule has 2 aromatic carbocycles. The van der Waals surface area contributed by atoms with Crippen LogP contribution in [0.1, 0.15) is 60.9 Å². The van der Waals surface area contributed by atoms with E-state index < -0.39 is 0 Å². The van der Waals surface area contributed by atoms with Crippen LogP contribution < -0.4 is 10.6 Å². The molecule has 3 atom stereocenters. The lowest BCUT2D eigenvalue weighted by Crippen LogP contribution is -2.55. The Hall–Kier alpha value is -3.22. The predicted molar refractivity (Wildman–Crippen MR) is 132 cm³/mol. The van der Waals surface area contributed by atoms with E-state index >= 15 is 0 Å². The van der Waals surface area contributed by atoms with Crippen molar-refractivity contribution in [1.29, 1.82) is 0 Å². The number of amides is 3. The van der Waals surface area contributed by atoms with Gasteiger partial charge in [0.1, 0.15) is 5.82 Å². The Morgan fingerprint density at radius 2 is 1.54 bits per heavy atom. The molecule has 2 N–H and O–H groups in total. The third-order valence-corrected chi connectivity index (χ3v) is 7.13. The lowest BCUT2D eigenvalue weighted by Gasteiger charge is -2.36. The molecular weight excluding hydrogens is 445 g/mol. The molecule has 0 bridgehead atoms. The van der Waals surface area contributed by atoms with Crippen molar-refractivity contribution in [2.24, 2.45) is 5.92 Å². The molecule has 1 aliphatic carbocycles. The van der Waals surface area contributed by atoms with Gasteiger partial charge in [-0.2, -0.15) is 0 Å². The summed E-state index contributed by atoms with van der Waals surface area (Å²) in [6, 6.07) is 15.1. The molecule has 2 aliphatic rings. The van der Waals surface area contributed by atoms with Crippen molar-refractivity contribution in [3.05, 3.63) is 71.5 Å². The minimum atomic E-state index is -0.385. The van der Waals surface area contributed by atoms with Crippen LogP contribution in [0.2, 0.25) is 0 Å². The smallest absolute Gasteiger partial charge is 0.251 e. The van der Waals surface area contributed by atoms with Crippen LogP contribution in [-0.4, -0.2) is 47.8 Å². The Morgan fingerprint density at radius 3 is 2.26 bits per heavy atom. The highest BCUT2D eigenvalue weighted by Gasteiger charge is 2.33. The van der Waals surface area contributed by atoms with Crippen molar-refractivity contribution in [3.8, 4) is 0 Å². The number of likely N-dealkylation sites (tertiary alicyclic amines) is 1. The van der Waals surface area contributed by atoms with Gasteiger partial charge in [0.2, 0.25) is 11.8 Å². The summed E-state index contributed by atoms with van der Waals surface area (Å²) in [5, 5.41) is 6.20. The van der Waals surface area contributed by atoms with Crippen molar-refractivity contribution in [2.45, 2.75) is 63.5 Å². The highest BCUT2D eigenvalue weighted by Crippen LogP contribution is 2.22. The SMILES string of the molecule is O=C(N[C@@H]1CCCCC1NC(=O)C1CCCN(C(=O)CCc2ccccc2)C1)c1ccc(F)cc1. The van der Waals surface area contributed by atoms with Crippen molar-refractivity contribution in [2.75, 3.05) is 13.1 Å². The third-order valence-electron chi connectivity index (χ3n) is 7.13. The Labute approximate surface area is 206 Å². The van der Waals surface area contributed by atoms with Gasteiger partial charge in [0.25, 0.3) is 5.91 Å². The molecule has 1 heterocycles. The fraction of sp³-hybridized carbons (Fsp3) is 0.464. The van der Waals surface area contributed by atoms with E-state index in [1.807, 2.05) is 35.2 Å². The zero-order valence-electron chi connectivity index (χ0n) is 20.0. The van der Waals surface area contributed by atoms with Crippen molar-refractivity contribution < 1.29 is 18.8 Å². The second-order valence-electron chi connectivity index (χ2n) is 9.65. The summed E-state index contributed by atoms with van der Waals surface area (Å²) in [4.78, 5) is 40.4. The van der Waals surface area contributed by atoms with Crippen molar-refractivity contribution in [3.63, 3.8) is 0 Å². The molecule has 0 aromatic heterocycles. The van der Waals surface area contributed by atoms with Gasteiger partial charge in [-0.3, -0.25) is 14.4 Å². The molecule has 2 aromatic rings. The minimum Gasteiger partial charge on any atom is -0.351 e. The van der Waals surface area contributed by atoms with E-state index in [0.29, 0.717) is 31.5 Å². The summed E-state index contributed by atoms with van der Waals surface area (Å²) in [5.74, 6) is -0.833. The summed E-state index contributed by atoms with van der Waals surface area (Å²) in [5.41, 5.74) is 1.54.